The summed E-state index contributed by atoms with van der Waals surface area (Å²) >= 11 is 6.87. The number of ether oxygens (including phenoxy) is 1. The van der Waals surface area contributed by atoms with Gasteiger partial charge in [0.15, 0.2) is 0 Å². The minimum Gasteiger partial charge on any atom is -0.370 e. The van der Waals surface area contributed by atoms with Gasteiger partial charge < -0.3 is 4.74 Å². The number of rotatable bonds is 4. The zero-order valence-electron chi connectivity index (χ0n) is 7.40. The summed E-state index contributed by atoms with van der Waals surface area (Å²) in [4.78, 5) is 2.54. The van der Waals surface area contributed by atoms with E-state index in [0.717, 1.165) is 4.47 Å². The van der Waals surface area contributed by atoms with Crippen LogP contribution in [0.15, 0.2) is 33.4 Å². The average Bonchev–Trinajstić information content (AvgIpc) is 2.77. The quantitative estimate of drug-likeness (QED) is 0.816. The number of thiophene rings is 2. The molecule has 0 amide bonds. The third kappa shape index (κ3) is 2.92. The minimum atomic E-state index is 0.703. The van der Waals surface area contributed by atoms with E-state index in [1.807, 2.05) is 6.07 Å². The van der Waals surface area contributed by atoms with Crippen LogP contribution in [0.3, 0.4) is 0 Å². The molecule has 0 unspecified atom stereocenters. The predicted octanol–water partition coefficient (Wildman–Crippen LogP) is 4.29. The van der Waals surface area contributed by atoms with Crippen molar-refractivity contribution in [2.24, 2.45) is 0 Å². The zero-order valence-corrected chi connectivity index (χ0v) is 10.6. The van der Waals surface area contributed by atoms with Crippen LogP contribution in [0.5, 0.6) is 0 Å². The van der Waals surface area contributed by atoms with Crippen molar-refractivity contribution in [2.75, 3.05) is 0 Å². The maximum absolute atomic E-state index is 5.58. The van der Waals surface area contributed by atoms with Gasteiger partial charge in [0.2, 0.25) is 0 Å². The summed E-state index contributed by atoms with van der Waals surface area (Å²) in [6.45, 7) is 1.42. The lowest BCUT2D eigenvalue weighted by Crippen LogP contribution is -1.89. The Labute approximate surface area is 99.5 Å². The van der Waals surface area contributed by atoms with E-state index in [0.29, 0.717) is 13.2 Å². The van der Waals surface area contributed by atoms with Crippen LogP contribution < -0.4 is 0 Å². The molecule has 0 spiro atoms. The van der Waals surface area contributed by atoms with Crippen LogP contribution in [0, 0.1) is 0 Å². The maximum Gasteiger partial charge on any atom is 0.0814 e. The van der Waals surface area contributed by atoms with E-state index < -0.39 is 0 Å². The first kappa shape index (κ1) is 10.4. The Morgan fingerprint density at radius 3 is 2.71 bits per heavy atom. The lowest BCUT2D eigenvalue weighted by molar-refractivity contribution is 0.111. The van der Waals surface area contributed by atoms with Gasteiger partial charge in [0, 0.05) is 19.6 Å². The maximum atomic E-state index is 5.58. The summed E-state index contributed by atoms with van der Waals surface area (Å²) in [6, 6.07) is 6.24. The number of hydrogen-bond acceptors (Lipinski definition) is 3. The minimum absolute atomic E-state index is 0.703. The predicted molar refractivity (Wildman–Crippen MR) is 64.8 cm³/mol. The summed E-state index contributed by atoms with van der Waals surface area (Å²) in [5, 5.41) is 4.14. The molecule has 2 aromatic heterocycles. The van der Waals surface area contributed by atoms with Crippen LogP contribution in [-0.2, 0) is 18.0 Å². The summed E-state index contributed by atoms with van der Waals surface area (Å²) in [7, 11) is 0. The van der Waals surface area contributed by atoms with Gasteiger partial charge >= 0.3 is 0 Å². The molecule has 4 heteroatoms. The van der Waals surface area contributed by atoms with E-state index in [9.17, 15) is 0 Å². The van der Waals surface area contributed by atoms with Crippen LogP contribution in [0.1, 0.15) is 9.75 Å². The lowest BCUT2D eigenvalue weighted by atomic mass is 10.5. The molecule has 0 N–H and O–H groups in total. The van der Waals surface area contributed by atoms with Crippen LogP contribution >= 0.6 is 38.6 Å². The third-order valence-corrected chi connectivity index (χ3v) is 4.21. The van der Waals surface area contributed by atoms with Gasteiger partial charge in [-0.05, 0) is 33.4 Å². The molecule has 0 radical (unpaired) electrons. The Morgan fingerprint density at radius 1 is 1.21 bits per heavy atom. The van der Waals surface area contributed by atoms with E-state index in [1.54, 1.807) is 22.7 Å². The first-order valence-corrected chi connectivity index (χ1v) is 6.73. The molecule has 74 valence electrons. The van der Waals surface area contributed by atoms with E-state index in [-0.39, 0.29) is 0 Å². The molecule has 0 atom stereocenters. The SMILES string of the molecule is Brc1csc(COCc2cccs2)c1. The van der Waals surface area contributed by atoms with Crippen molar-refractivity contribution in [3.8, 4) is 0 Å². The van der Waals surface area contributed by atoms with Crippen molar-refractivity contribution in [3.63, 3.8) is 0 Å². The molecule has 0 saturated heterocycles. The Morgan fingerprint density at radius 2 is 2.07 bits per heavy atom. The molecule has 2 aromatic rings. The highest BCUT2D eigenvalue weighted by Gasteiger charge is 1.98. The molecule has 0 fully saturated rings. The van der Waals surface area contributed by atoms with Crippen molar-refractivity contribution in [3.05, 3.63) is 43.2 Å². The second kappa shape index (κ2) is 5.07. The Balaban J connectivity index is 1.78. The van der Waals surface area contributed by atoms with Gasteiger partial charge in [-0.1, -0.05) is 6.07 Å². The van der Waals surface area contributed by atoms with Gasteiger partial charge in [-0.15, -0.1) is 22.7 Å². The van der Waals surface area contributed by atoms with Gasteiger partial charge in [0.25, 0.3) is 0 Å². The molecule has 1 nitrogen and oxygen atoms in total. The van der Waals surface area contributed by atoms with Gasteiger partial charge in [-0.2, -0.15) is 0 Å². The van der Waals surface area contributed by atoms with Gasteiger partial charge in [0.1, 0.15) is 0 Å². The van der Waals surface area contributed by atoms with Crippen LogP contribution in [-0.4, -0.2) is 0 Å². The Bertz CT molecular complexity index is 380. The molecule has 0 aliphatic carbocycles. The molecule has 0 aliphatic heterocycles. The molecule has 0 aromatic carbocycles. The number of hydrogen-bond donors (Lipinski definition) is 0. The summed E-state index contributed by atoms with van der Waals surface area (Å²) < 4.78 is 6.71. The van der Waals surface area contributed by atoms with E-state index in [1.165, 1.54) is 9.75 Å². The zero-order chi connectivity index (χ0) is 9.80. The molecular weight excluding hydrogens is 280 g/mol. The van der Waals surface area contributed by atoms with Crippen LogP contribution in [0.2, 0.25) is 0 Å². The second-order valence-corrected chi connectivity index (χ2v) is 5.75. The highest BCUT2D eigenvalue weighted by atomic mass is 79.9. The lowest BCUT2D eigenvalue weighted by Gasteiger charge is -1.99. The number of halogens is 1. The van der Waals surface area contributed by atoms with E-state index in [4.69, 9.17) is 4.74 Å². The normalized spacial score (nSPS) is 10.6. The topological polar surface area (TPSA) is 9.23 Å². The summed E-state index contributed by atoms with van der Waals surface area (Å²) in [6.07, 6.45) is 0. The van der Waals surface area contributed by atoms with Crippen LogP contribution in [0.25, 0.3) is 0 Å². The van der Waals surface area contributed by atoms with Crippen LogP contribution in [0.4, 0.5) is 0 Å². The third-order valence-electron chi connectivity index (χ3n) is 1.69. The van der Waals surface area contributed by atoms with E-state index in [2.05, 4.69) is 38.8 Å². The Hall–Kier alpha value is -0.160. The monoisotopic (exact) mass is 288 g/mol. The van der Waals surface area contributed by atoms with Crippen molar-refractivity contribution >= 4 is 38.6 Å². The molecule has 0 aliphatic rings. The smallest absolute Gasteiger partial charge is 0.0814 e. The van der Waals surface area contributed by atoms with Gasteiger partial charge in [-0.25, -0.2) is 0 Å². The summed E-state index contributed by atoms with van der Waals surface area (Å²) in [5.41, 5.74) is 0. The molecule has 2 heterocycles. The van der Waals surface area contributed by atoms with Crippen molar-refractivity contribution in [1.29, 1.82) is 0 Å². The summed E-state index contributed by atoms with van der Waals surface area (Å²) in [5.74, 6) is 0. The largest absolute Gasteiger partial charge is 0.370 e. The van der Waals surface area contributed by atoms with Crippen molar-refractivity contribution in [1.82, 2.24) is 0 Å². The van der Waals surface area contributed by atoms with Gasteiger partial charge in [0.05, 0.1) is 13.2 Å². The average molecular weight is 289 g/mol. The fraction of sp³-hybridized carbons (Fsp3) is 0.200. The first-order valence-electron chi connectivity index (χ1n) is 4.17. The Kier molecular flexibility index (Phi) is 3.75. The first-order chi connectivity index (χ1) is 6.84. The molecular formula is C10H9BrOS2. The molecule has 14 heavy (non-hydrogen) atoms. The highest BCUT2D eigenvalue weighted by molar-refractivity contribution is 9.10. The fourth-order valence-corrected chi connectivity index (χ4v) is 3.10. The van der Waals surface area contributed by atoms with Crippen molar-refractivity contribution < 1.29 is 4.74 Å². The van der Waals surface area contributed by atoms with Gasteiger partial charge in [-0.3, -0.25) is 0 Å². The van der Waals surface area contributed by atoms with Crippen molar-refractivity contribution in [2.45, 2.75) is 13.2 Å². The molecule has 0 saturated carbocycles. The van der Waals surface area contributed by atoms with E-state index >= 15 is 0 Å². The fourth-order valence-electron chi connectivity index (χ4n) is 1.08. The molecule has 0 bridgehead atoms. The second-order valence-electron chi connectivity index (χ2n) is 2.80. The standard InChI is InChI=1S/C10H9BrOS2/c11-8-4-10(14-7-8)6-12-5-9-2-1-3-13-9/h1-4,7H,5-6H2. The highest BCUT2D eigenvalue weighted by Crippen LogP contribution is 2.21. The molecule has 2 rings (SSSR count).